The summed E-state index contributed by atoms with van der Waals surface area (Å²) in [6.07, 6.45) is 2.96. The molecule has 4 aromatic rings. The number of hydrogen-bond donors (Lipinski definition) is 1. The Morgan fingerprint density at radius 3 is 2.65 bits per heavy atom. The Balaban J connectivity index is 1.66. The van der Waals surface area contributed by atoms with Crippen LogP contribution in [0.2, 0.25) is 0 Å². The van der Waals surface area contributed by atoms with Gasteiger partial charge in [0.05, 0.1) is 28.0 Å². The Kier molecular flexibility index (Phi) is 3.45. The maximum Gasteiger partial charge on any atom is 0.229 e. The SMILES string of the molecule is O=C1CCCc2c1c(Cc1ccccc1)nn2-c1nc2ccccc2[nH]1. The number of nitrogens with one attached hydrogen (secondary N) is 1. The van der Waals surface area contributed by atoms with E-state index in [9.17, 15) is 4.79 Å². The van der Waals surface area contributed by atoms with Crippen molar-refractivity contribution in [3.8, 4) is 5.95 Å². The predicted molar refractivity (Wildman–Crippen MR) is 99.7 cm³/mol. The van der Waals surface area contributed by atoms with Crippen LogP contribution >= 0.6 is 0 Å². The summed E-state index contributed by atoms with van der Waals surface area (Å²) < 4.78 is 1.84. The molecule has 2 heterocycles. The molecule has 0 bridgehead atoms. The minimum absolute atomic E-state index is 0.194. The fraction of sp³-hybridized carbons (Fsp3) is 0.190. The average Bonchev–Trinajstić information content (AvgIpc) is 3.25. The van der Waals surface area contributed by atoms with E-state index in [2.05, 4.69) is 22.1 Å². The van der Waals surface area contributed by atoms with Crippen LogP contribution in [0.5, 0.6) is 0 Å². The smallest absolute Gasteiger partial charge is 0.229 e. The van der Waals surface area contributed by atoms with Gasteiger partial charge in [0.25, 0.3) is 0 Å². The number of carbonyl (C=O) groups is 1. The van der Waals surface area contributed by atoms with Crippen LogP contribution in [-0.2, 0) is 12.8 Å². The summed E-state index contributed by atoms with van der Waals surface area (Å²) in [5.74, 6) is 0.871. The van der Waals surface area contributed by atoms with E-state index in [4.69, 9.17) is 5.10 Å². The molecule has 0 amide bonds. The number of fused-ring (bicyclic) bond motifs is 2. The Bertz CT molecular complexity index is 1070. The van der Waals surface area contributed by atoms with E-state index in [-0.39, 0.29) is 5.78 Å². The van der Waals surface area contributed by atoms with Crippen LogP contribution in [0.25, 0.3) is 17.0 Å². The molecule has 1 aliphatic carbocycles. The van der Waals surface area contributed by atoms with Crippen LogP contribution in [0.1, 0.15) is 40.2 Å². The van der Waals surface area contributed by atoms with Gasteiger partial charge in [0, 0.05) is 12.8 Å². The fourth-order valence-corrected chi connectivity index (χ4v) is 3.73. The molecule has 5 nitrogen and oxygen atoms in total. The van der Waals surface area contributed by atoms with Gasteiger partial charge in [-0.25, -0.2) is 9.67 Å². The first-order valence-corrected chi connectivity index (χ1v) is 8.92. The molecule has 0 radical (unpaired) electrons. The molecule has 1 N–H and O–H groups in total. The normalized spacial score (nSPS) is 13.9. The number of Topliss-reactive ketones (excluding diaryl/α,β-unsaturated/α-hetero) is 1. The monoisotopic (exact) mass is 342 g/mol. The molecule has 0 saturated heterocycles. The molecule has 26 heavy (non-hydrogen) atoms. The highest BCUT2D eigenvalue weighted by atomic mass is 16.1. The van der Waals surface area contributed by atoms with Crippen molar-refractivity contribution in [2.24, 2.45) is 0 Å². The van der Waals surface area contributed by atoms with Crippen molar-refractivity contribution in [2.75, 3.05) is 0 Å². The topological polar surface area (TPSA) is 63.6 Å². The number of ketones is 1. The van der Waals surface area contributed by atoms with Crippen molar-refractivity contribution in [3.05, 3.63) is 77.1 Å². The average molecular weight is 342 g/mol. The molecule has 2 aromatic carbocycles. The fourth-order valence-electron chi connectivity index (χ4n) is 3.73. The molecule has 0 spiro atoms. The van der Waals surface area contributed by atoms with Crippen LogP contribution in [-0.4, -0.2) is 25.5 Å². The molecule has 0 unspecified atom stereocenters. The Hall–Kier alpha value is -3.21. The van der Waals surface area contributed by atoms with Gasteiger partial charge in [-0.05, 0) is 30.5 Å². The lowest BCUT2D eigenvalue weighted by molar-refractivity contribution is 0.0971. The highest BCUT2D eigenvalue weighted by Gasteiger charge is 2.28. The van der Waals surface area contributed by atoms with Crippen LogP contribution in [0, 0.1) is 0 Å². The van der Waals surface area contributed by atoms with Crippen molar-refractivity contribution in [1.29, 1.82) is 0 Å². The van der Waals surface area contributed by atoms with Crippen LogP contribution in [0.15, 0.2) is 54.6 Å². The number of H-pyrrole nitrogens is 1. The summed E-state index contributed by atoms with van der Waals surface area (Å²) in [5, 5.41) is 4.81. The van der Waals surface area contributed by atoms with E-state index in [0.717, 1.165) is 46.4 Å². The molecule has 0 fully saturated rings. The summed E-state index contributed by atoms with van der Waals surface area (Å²) in [6, 6.07) is 18.1. The van der Waals surface area contributed by atoms with E-state index in [0.29, 0.717) is 18.8 Å². The number of aromatic amines is 1. The van der Waals surface area contributed by atoms with Crippen molar-refractivity contribution in [2.45, 2.75) is 25.7 Å². The van der Waals surface area contributed by atoms with Gasteiger partial charge in [0.2, 0.25) is 5.95 Å². The number of para-hydroxylation sites is 2. The molecule has 1 aliphatic rings. The summed E-state index contributed by atoms with van der Waals surface area (Å²) in [5.41, 5.74) is 5.64. The number of nitrogens with zero attached hydrogens (tertiary/aromatic N) is 3. The molecule has 128 valence electrons. The Morgan fingerprint density at radius 1 is 1.00 bits per heavy atom. The van der Waals surface area contributed by atoms with E-state index in [1.165, 1.54) is 0 Å². The molecule has 2 aromatic heterocycles. The first kappa shape index (κ1) is 15.1. The van der Waals surface area contributed by atoms with Crippen LogP contribution in [0.3, 0.4) is 0 Å². The van der Waals surface area contributed by atoms with Crippen LogP contribution < -0.4 is 0 Å². The van der Waals surface area contributed by atoms with Gasteiger partial charge in [-0.2, -0.15) is 5.10 Å². The number of hydrogen-bond acceptors (Lipinski definition) is 3. The third-order valence-corrected chi connectivity index (χ3v) is 4.94. The third-order valence-electron chi connectivity index (χ3n) is 4.94. The van der Waals surface area contributed by atoms with Gasteiger partial charge in [-0.3, -0.25) is 4.79 Å². The molecule has 0 aliphatic heterocycles. The first-order chi connectivity index (χ1) is 12.8. The summed E-state index contributed by atoms with van der Waals surface area (Å²) >= 11 is 0. The molecule has 0 saturated carbocycles. The van der Waals surface area contributed by atoms with Crippen LogP contribution in [0.4, 0.5) is 0 Å². The molecular formula is C21H18N4O. The minimum atomic E-state index is 0.194. The van der Waals surface area contributed by atoms with Gasteiger partial charge >= 0.3 is 0 Å². The molecule has 5 heteroatoms. The number of benzene rings is 2. The standard InChI is InChI=1S/C21H18N4O/c26-19-12-6-11-18-20(19)17(13-14-7-2-1-3-8-14)24-25(18)21-22-15-9-4-5-10-16(15)23-21/h1-5,7-10H,6,11-13H2,(H,22,23). The number of carbonyl (C=O) groups excluding carboxylic acids is 1. The van der Waals surface area contributed by atoms with Crippen molar-refractivity contribution >= 4 is 16.8 Å². The lowest BCUT2D eigenvalue weighted by atomic mass is 9.92. The third kappa shape index (κ3) is 2.44. The summed E-state index contributed by atoms with van der Waals surface area (Å²) in [7, 11) is 0. The molecule has 5 rings (SSSR count). The highest BCUT2D eigenvalue weighted by molar-refractivity contribution is 5.99. The largest absolute Gasteiger partial charge is 0.322 e. The minimum Gasteiger partial charge on any atom is -0.322 e. The predicted octanol–water partition coefficient (Wildman–Crippen LogP) is 3.86. The Labute approximate surface area is 150 Å². The number of rotatable bonds is 3. The maximum absolute atomic E-state index is 12.6. The number of aromatic nitrogens is 4. The van der Waals surface area contributed by atoms with Gasteiger partial charge in [0.1, 0.15) is 0 Å². The molecule has 0 atom stereocenters. The first-order valence-electron chi connectivity index (χ1n) is 8.92. The second-order valence-electron chi connectivity index (χ2n) is 6.70. The molecular weight excluding hydrogens is 324 g/mol. The zero-order valence-corrected chi connectivity index (χ0v) is 14.3. The lowest BCUT2D eigenvalue weighted by Gasteiger charge is -2.12. The van der Waals surface area contributed by atoms with Crippen molar-refractivity contribution in [3.63, 3.8) is 0 Å². The zero-order chi connectivity index (χ0) is 17.5. The van der Waals surface area contributed by atoms with Gasteiger partial charge in [-0.1, -0.05) is 42.5 Å². The van der Waals surface area contributed by atoms with E-state index in [1.54, 1.807) is 0 Å². The second-order valence-corrected chi connectivity index (χ2v) is 6.70. The number of imidazole rings is 1. The Morgan fingerprint density at radius 2 is 1.81 bits per heavy atom. The van der Waals surface area contributed by atoms with E-state index >= 15 is 0 Å². The maximum atomic E-state index is 12.6. The van der Waals surface area contributed by atoms with Gasteiger partial charge in [0.15, 0.2) is 5.78 Å². The quantitative estimate of drug-likeness (QED) is 0.615. The van der Waals surface area contributed by atoms with E-state index in [1.807, 2.05) is 47.1 Å². The van der Waals surface area contributed by atoms with Gasteiger partial charge in [-0.15, -0.1) is 0 Å². The second kappa shape index (κ2) is 5.95. The highest BCUT2D eigenvalue weighted by Crippen LogP contribution is 2.28. The summed E-state index contributed by atoms with van der Waals surface area (Å²) in [6.45, 7) is 0. The van der Waals surface area contributed by atoms with E-state index < -0.39 is 0 Å². The summed E-state index contributed by atoms with van der Waals surface area (Å²) in [4.78, 5) is 20.6. The zero-order valence-electron chi connectivity index (χ0n) is 14.3. The lowest BCUT2D eigenvalue weighted by Crippen LogP contribution is -2.14. The van der Waals surface area contributed by atoms with Gasteiger partial charge < -0.3 is 4.98 Å². The van der Waals surface area contributed by atoms with Crippen molar-refractivity contribution < 1.29 is 4.79 Å². The van der Waals surface area contributed by atoms with Crippen molar-refractivity contribution in [1.82, 2.24) is 19.7 Å².